The highest BCUT2D eigenvalue weighted by molar-refractivity contribution is 7.86. The fourth-order valence-electron chi connectivity index (χ4n) is 1.12. The number of ether oxygens (including phenoxy) is 1. The van der Waals surface area contributed by atoms with Crippen LogP contribution >= 0.6 is 0 Å². The Labute approximate surface area is 114 Å². The van der Waals surface area contributed by atoms with Gasteiger partial charge in [0.15, 0.2) is 0 Å². The van der Waals surface area contributed by atoms with Crippen LogP contribution in [-0.4, -0.2) is 41.5 Å². The second kappa shape index (κ2) is 5.52. The number of pyridine rings is 1. The summed E-state index contributed by atoms with van der Waals surface area (Å²) in [5.41, 5.74) is -0.613. The van der Waals surface area contributed by atoms with Crippen LogP contribution in [0.4, 0.5) is 22.0 Å². The number of halogens is 5. The van der Waals surface area contributed by atoms with Crippen LogP contribution in [0.25, 0.3) is 0 Å². The summed E-state index contributed by atoms with van der Waals surface area (Å²) in [6.45, 7) is 0. The number of aromatic nitrogens is 1. The van der Waals surface area contributed by atoms with Crippen molar-refractivity contribution in [2.45, 2.75) is 17.5 Å². The van der Waals surface area contributed by atoms with Crippen molar-refractivity contribution in [3.05, 3.63) is 30.1 Å². The average Bonchev–Trinajstić information content (AvgIpc) is 2.33. The zero-order valence-electron chi connectivity index (χ0n) is 9.71. The van der Waals surface area contributed by atoms with E-state index < -0.39 is 39.2 Å². The van der Waals surface area contributed by atoms with Crippen molar-refractivity contribution < 1.29 is 44.5 Å². The van der Waals surface area contributed by atoms with E-state index in [1.54, 1.807) is 0 Å². The molecule has 0 aliphatic carbocycles. The van der Waals surface area contributed by atoms with Crippen molar-refractivity contribution in [3.8, 4) is 0 Å². The number of carbonyl (C=O) groups excluding carboxylic acids is 1. The largest absolute Gasteiger partial charge is 0.441 e. The van der Waals surface area contributed by atoms with Gasteiger partial charge in [0.05, 0.1) is 5.56 Å². The first-order chi connectivity index (χ1) is 9.37. The van der Waals surface area contributed by atoms with Gasteiger partial charge in [-0.2, -0.15) is 30.4 Å². The van der Waals surface area contributed by atoms with E-state index in [-0.39, 0.29) is 0 Å². The second-order valence-electron chi connectivity index (χ2n) is 3.61. The Kier molecular flexibility index (Phi) is 4.53. The summed E-state index contributed by atoms with van der Waals surface area (Å²) in [6.07, 6.45) is -8.43. The van der Waals surface area contributed by atoms with Crippen molar-refractivity contribution in [2.24, 2.45) is 0 Å². The number of hydrogen-bond acceptors (Lipinski definition) is 5. The highest BCUT2D eigenvalue weighted by Crippen LogP contribution is 2.38. The van der Waals surface area contributed by atoms with Crippen LogP contribution in [0.3, 0.4) is 0 Å². The maximum Gasteiger partial charge on any atom is 0.432 e. The number of alkyl halides is 5. The number of esters is 1. The van der Waals surface area contributed by atoms with Crippen LogP contribution in [0.2, 0.25) is 0 Å². The molecule has 0 aliphatic rings. The number of rotatable bonds is 4. The lowest BCUT2D eigenvalue weighted by atomic mass is 10.3. The molecule has 0 bridgehead atoms. The maximum absolute atomic E-state index is 13.1. The number of hydrogen-bond donors (Lipinski definition) is 1. The van der Waals surface area contributed by atoms with Crippen molar-refractivity contribution >= 4 is 16.1 Å². The number of nitrogens with zero attached hydrogens (tertiary/aromatic N) is 1. The van der Waals surface area contributed by atoms with Gasteiger partial charge in [-0.25, -0.2) is 4.79 Å². The quantitative estimate of drug-likeness (QED) is 0.511. The predicted octanol–water partition coefficient (Wildman–Crippen LogP) is 1.65. The Morgan fingerprint density at radius 3 is 2.24 bits per heavy atom. The molecule has 0 aromatic carbocycles. The highest BCUT2D eigenvalue weighted by atomic mass is 32.2. The molecule has 0 saturated heterocycles. The number of carbonyl (C=O) groups is 1. The first-order valence-corrected chi connectivity index (χ1v) is 6.34. The molecule has 0 saturated carbocycles. The topological polar surface area (TPSA) is 93.6 Å². The summed E-state index contributed by atoms with van der Waals surface area (Å²) in [5, 5.41) is -5.76. The molecule has 118 valence electrons. The lowest BCUT2D eigenvalue weighted by molar-refractivity contribution is -0.248. The Hall–Kier alpha value is -1.82. The molecule has 1 unspecified atom stereocenters. The van der Waals surface area contributed by atoms with Gasteiger partial charge in [0, 0.05) is 12.4 Å². The van der Waals surface area contributed by atoms with Gasteiger partial charge in [-0.3, -0.25) is 9.54 Å². The minimum absolute atomic E-state index is 0.613. The van der Waals surface area contributed by atoms with Gasteiger partial charge < -0.3 is 4.74 Å². The van der Waals surface area contributed by atoms with E-state index >= 15 is 0 Å². The summed E-state index contributed by atoms with van der Waals surface area (Å²) >= 11 is 0. The van der Waals surface area contributed by atoms with Gasteiger partial charge in [-0.05, 0) is 12.1 Å². The minimum Gasteiger partial charge on any atom is -0.441 e. The Balaban J connectivity index is 3.16. The van der Waals surface area contributed by atoms with Gasteiger partial charge >= 0.3 is 27.5 Å². The van der Waals surface area contributed by atoms with E-state index in [2.05, 4.69) is 9.72 Å². The van der Waals surface area contributed by atoms with Crippen LogP contribution in [0, 0.1) is 0 Å². The van der Waals surface area contributed by atoms with E-state index in [1.807, 2.05) is 0 Å². The van der Waals surface area contributed by atoms with Crippen molar-refractivity contribution in [1.29, 1.82) is 0 Å². The summed E-state index contributed by atoms with van der Waals surface area (Å²) in [6, 6.07) is 2.02. The molecule has 1 rings (SSSR count). The normalized spacial score (nSPS) is 14.6. The molecule has 1 aromatic rings. The monoisotopic (exact) mass is 335 g/mol. The Bertz CT molecular complexity index is 615. The standard InChI is InChI=1S/C9H6F5NO5S/c10-8(11,12)7(9(13,14)21(17,18)19)20-6(16)5-2-1-3-15-4-5/h1-4,7H,(H,17,18,19). The van der Waals surface area contributed by atoms with E-state index in [0.717, 1.165) is 24.5 Å². The Morgan fingerprint density at radius 2 is 1.86 bits per heavy atom. The molecule has 0 amide bonds. The molecule has 6 nitrogen and oxygen atoms in total. The molecule has 12 heteroatoms. The fraction of sp³-hybridized carbons (Fsp3) is 0.333. The molecule has 0 radical (unpaired) electrons. The highest BCUT2D eigenvalue weighted by Gasteiger charge is 2.66. The first-order valence-electron chi connectivity index (χ1n) is 4.90. The van der Waals surface area contributed by atoms with Crippen molar-refractivity contribution in [3.63, 3.8) is 0 Å². The smallest absolute Gasteiger partial charge is 0.432 e. The van der Waals surface area contributed by atoms with Crippen LogP contribution in [-0.2, 0) is 14.9 Å². The van der Waals surface area contributed by atoms with Gasteiger partial charge in [-0.1, -0.05) is 0 Å². The lowest BCUT2D eigenvalue weighted by Crippen LogP contribution is -2.52. The molecular formula is C9H6F5NO5S. The summed E-state index contributed by atoms with van der Waals surface area (Å²) in [7, 11) is -6.46. The third-order valence-electron chi connectivity index (χ3n) is 2.07. The lowest BCUT2D eigenvalue weighted by Gasteiger charge is -2.25. The van der Waals surface area contributed by atoms with Gasteiger partial charge in [0.2, 0.25) is 0 Å². The molecule has 0 fully saturated rings. The van der Waals surface area contributed by atoms with Gasteiger partial charge in [0.1, 0.15) is 0 Å². The molecule has 1 N–H and O–H groups in total. The van der Waals surface area contributed by atoms with Crippen molar-refractivity contribution in [1.82, 2.24) is 4.98 Å². The first kappa shape index (κ1) is 17.2. The van der Waals surface area contributed by atoms with Crippen LogP contribution in [0.1, 0.15) is 10.4 Å². The van der Waals surface area contributed by atoms with Crippen LogP contribution < -0.4 is 0 Å². The van der Waals surface area contributed by atoms with Crippen LogP contribution in [0.15, 0.2) is 24.5 Å². The van der Waals surface area contributed by atoms with Crippen LogP contribution in [0.5, 0.6) is 0 Å². The van der Waals surface area contributed by atoms with Gasteiger partial charge in [-0.15, -0.1) is 0 Å². The van der Waals surface area contributed by atoms with E-state index in [4.69, 9.17) is 4.55 Å². The van der Waals surface area contributed by atoms with Crippen molar-refractivity contribution in [2.75, 3.05) is 0 Å². The zero-order valence-corrected chi connectivity index (χ0v) is 10.5. The molecule has 1 aromatic heterocycles. The molecular weight excluding hydrogens is 329 g/mol. The van der Waals surface area contributed by atoms with E-state index in [9.17, 15) is 35.2 Å². The molecule has 0 spiro atoms. The molecule has 0 aliphatic heterocycles. The van der Waals surface area contributed by atoms with E-state index in [0.29, 0.717) is 0 Å². The second-order valence-corrected chi connectivity index (χ2v) is 5.10. The minimum atomic E-state index is -6.46. The summed E-state index contributed by atoms with van der Waals surface area (Å²) < 4.78 is 96.1. The van der Waals surface area contributed by atoms with Gasteiger partial charge in [0.25, 0.3) is 6.10 Å². The molecule has 21 heavy (non-hydrogen) atoms. The summed E-state index contributed by atoms with van der Waals surface area (Å²) in [4.78, 5) is 14.7. The average molecular weight is 335 g/mol. The third-order valence-corrected chi connectivity index (χ3v) is 2.97. The van der Waals surface area contributed by atoms with E-state index in [1.165, 1.54) is 0 Å². The Morgan fingerprint density at radius 1 is 1.29 bits per heavy atom. The SMILES string of the molecule is O=C(OC(C(F)(F)F)C(F)(F)S(=O)(=O)O)c1cccnc1. The summed E-state index contributed by atoms with van der Waals surface area (Å²) in [5.74, 6) is -1.88. The third kappa shape index (κ3) is 3.85. The maximum atomic E-state index is 13.1. The zero-order chi connectivity index (χ0) is 16.5. The molecule has 1 atom stereocenters. The predicted molar refractivity (Wildman–Crippen MR) is 56.0 cm³/mol. The fourth-order valence-corrected chi connectivity index (χ4v) is 1.57. The molecule has 1 heterocycles.